The minimum Gasteiger partial charge on any atom is -0.477 e. The Bertz CT molecular complexity index is 929. The smallest absolute Gasteiger partial charge is 0.354 e. The van der Waals surface area contributed by atoms with Crippen molar-refractivity contribution >= 4 is 23.5 Å². The first-order chi connectivity index (χ1) is 13.6. The molecule has 10 heteroatoms. The lowest BCUT2D eigenvalue weighted by Crippen LogP contribution is -2.32. The van der Waals surface area contributed by atoms with Gasteiger partial charge >= 0.3 is 11.9 Å². The molecule has 2 aromatic rings. The molecule has 2 aromatic heterocycles. The molecule has 0 aliphatic carbocycles. The van der Waals surface area contributed by atoms with Gasteiger partial charge in [0.05, 0.1) is 18.7 Å². The highest BCUT2D eigenvalue weighted by atomic mass is 19.1. The summed E-state index contributed by atoms with van der Waals surface area (Å²) in [6.45, 7) is 5.97. The summed E-state index contributed by atoms with van der Waals surface area (Å²) in [7, 11) is 1.36. The molecule has 158 valence electrons. The third-order valence-corrected chi connectivity index (χ3v) is 5.14. The number of methoxy groups -OCH3 is 1. The number of esters is 1. The van der Waals surface area contributed by atoms with E-state index < -0.39 is 28.8 Å². The molecule has 2 N–H and O–H groups in total. The Labute approximate surface area is 167 Å². The van der Waals surface area contributed by atoms with Gasteiger partial charge in [-0.25, -0.2) is 18.7 Å². The normalized spacial score (nSPS) is 14.2. The minimum atomic E-state index is -1.38. The summed E-state index contributed by atoms with van der Waals surface area (Å²) < 4.78 is 19.6. The molecule has 2 rings (SSSR count). The highest BCUT2D eigenvalue weighted by Crippen LogP contribution is 2.30. The number of nitrogens with one attached hydrogen (secondary N) is 1. The molecule has 0 saturated carbocycles. The third-order valence-electron chi connectivity index (χ3n) is 5.14. The summed E-state index contributed by atoms with van der Waals surface area (Å²) in [6, 6.07) is 1.05. The van der Waals surface area contributed by atoms with Gasteiger partial charge in [-0.1, -0.05) is 13.8 Å². The number of carbonyl (C=O) groups is 3. The first-order valence-electron chi connectivity index (χ1n) is 9.27. The van der Waals surface area contributed by atoms with E-state index in [9.17, 15) is 18.8 Å². The molecule has 2 unspecified atom stereocenters. The largest absolute Gasteiger partial charge is 0.477 e. The number of carbonyl (C=O) groups excluding carboxylic acids is 2. The SMILES string of the molecule is CCC(C)(CCC(C)CNC(=O)c1cc(C(=O)O)nc2c(F)cnn12)C(=O)OC. The van der Waals surface area contributed by atoms with E-state index in [-0.39, 0.29) is 29.8 Å². The lowest BCUT2D eigenvalue weighted by Gasteiger charge is -2.26. The van der Waals surface area contributed by atoms with Crippen molar-refractivity contribution in [1.29, 1.82) is 0 Å². The van der Waals surface area contributed by atoms with Crippen LogP contribution in [0, 0.1) is 17.2 Å². The maximum absolute atomic E-state index is 13.8. The van der Waals surface area contributed by atoms with E-state index in [4.69, 9.17) is 9.84 Å². The molecule has 0 aliphatic rings. The second kappa shape index (κ2) is 8.97. The van der Waals surface area contributed by atoms with Crippen LogP contribution in [0.15, 0.2) is 12.3 Å². The fourth-order valence-electron chi connectivity index (χ4n) is 2.90. The van der Waals surface area contributed by atoms with Gasteiger partial charge in [0, 0.05) is 12.6 Å². The Morgan fingerprint density at radius 1 is 1.41 bits per heavy atom. The van der Waals surface area contributed by atoms with Gasteiger partial charge in [-0.05, 0) is 32.1 Å². The molecule has 2 atom stereocenters. The first kappa shape index (κ1) is 22.3. The minimum absolute atomic E-state index is 0.0418. The van der Waals surface area contributed by atoms with Crippen LogP contribution in [0.5, 0.6) is 0 Å². The van der Waals surface area contributed by atoms with Crippen LogP contribution in [0.25, 0.3) is 5.65 Å². The van der Waals surface area contributed by atoms with Crippen molar-refractivity contribution in [2.24, 2.45) is 11.3 Å². The Kier molecular flexibility index (Phi) is 6.89. The van der Waals surface area contributed by atoms with Crippen LogP contribution in [0.4, 0.5) is 4.39 Å². The van der Waals surface area contributed by atoms with Crippen LogP contribution in [0.1, 0.15) is 61.0 Å². The van der Waals surface area contributed by atoms with Gasteiger partial charge in [-0.3, -0.25) is 9.59 Å². The lowest BCUT2D eigenvalue weighted by atomic mass is 9.81. The number of nitrogens with zero attached hydrogens (tertiary/aromatic N) is 3. The van der Waals surface area contributed by atoms with Crippen molar-refractivity contribution in [2.45, 2.75) is 40.0 Å². The number of ether oxygens (including phenoxy) is 1. The van der Waals surface area contributed by atoms with Gasteiger partial charge in [0.2, 0.25) is 0 Å². The number of carboxylic acids is 1. The van der Waals surface area contributed by atoms with E-state index in [1.54, 1.807) is 0 Å². The number of halogens is 1. The quantitative estimate of drug-likeness (QED) is 0.610. The second-order valence-electron chi connectivity index (χ2n) is 7.32. The molecule has 0 spiro atoms. The standard InChI is InChI=1S/C19H25FN4O5/c1-5-19(3,18(28)29-4)7-6-11(2)9-21-16(25)14-8-13(17(26)27)23-15-12(20)10-22-24(14)15/h8,10-11H,5-7,9H2,1-4H3,(H,21,25)(H,26,27). The second-order valence-corrected chi connectivity index (χ2v) is 7.32. The zero-order chi connectivity index (χ0) is 21.8. The Hall–Kier alpha value is -3.04. The number of rotatable bonds is 9. The lowest BCUT2D eigenvalue weighted by molar-refractivity contribution is -0.152. The number of amides is 1. The average molecular weight is 408 g/mol. The number of aromatic carboxylic acids is 1. The van der Waals surface area contributed by atoms with Gasteiger partial charge in [-0.2, -0.15) is 5.10 Å². The number of aromatic nitrogens is 3. The van der Waals surface area contributed by atoms with Crippen LogP contribution < -0.4 is 5.32 Å². The number of hydrogen-bond donors (Lipinski definition) is 2. The van der Waals surface area contributed by atoms with Gasteiger partial charge in [-0.15, -0.1) is 0 Å². The summed E-state index contributed by atoms with van der Waals surface area (Å²) in [4.78, 5) is 39.4. The predicted octanol–water partition coefficient (Wildman–Crippen LogP) is 2.30. The Morgan fingerprint density at radius 2 is 2.10 bits per heavy atom. The van der Waals surface area contributed by atoms with Gasteiger partial charge in [0.25, 0.3) is 5.91 Å². The maximum atomic E-state index is 13.8. The molecular formula is C19H25FN4O5. The monoisotopic (exact) mass is 408 g/mol. The number of carboxylic acid groups (broad SMARTS) is 1. The predicted molar refractivity (Wildman–Crippen MR) is 101 cm³/mol. The van der Waals surface area contributed by atoms with E-state index in [0.717, 1.165) is 16.8 Å². The topological polar surface area (TPSA) is 123 Å². The summed E-state index contributed by atoms with van der Waals surface area (Å²) in [5.74, 6) is -3.02. The van der Waals surface area contributed by atoms with Crippen molar-refractivity contribution in [1.82, 2.24) is 19.9 Å². The zero-order valence-electron chi connectivity index (χ0n) is 16.9. The maximum Gasteiger partial charge on any atom is 0.354 e. The van der Waals surface area contributed by atoms with Crippen molar-refractivity contribution in [2.75, 3.05) is 13.7 Å². The molecule has 0 fully saturated rings. The summed E-state index contributed by atoms with van der Waals surface area (Å²) >= 11 is 0. The molecule has 0 aromatic carbocycles. The molecule has 9 nitrogen and oxygen atoms in total. The highest BCUT2D eigenvalue weighted by Gasteiger charge is 2.32. The van der Waals surface area contributed by atoms with Gasteiger partial charge in [0.1, 0.15) is 5.69 Å². The highest BCUT2D eigenvalue weighted by molar-refractivity contribution is 5.96. The van der Waals surface area contributed by atoms with Crippen molar-refractivity contribution in [3.8, 4) is 0 Å². The van der Waals surface area contributed by atoms with Gasteiger partial charge < -0.3 is 15.2 Å². The van der Waals surface area contributed by atoms with E-state index in [2.05, 4.69) is 15.4 Å². The van der Waals surface area contributed by atoms with E-state index in [1.165, 1.54) is 7.11 Å². The summed E-state index contributed by atoms with van der Waals surface area (Å²) in [5.41, 5.74) is -1.50. The summed E-state index contributed by atoms with van der Waals surface area (Å²) in [5, 5.41) is 15.6. The fourth-order valence-corrected chi connectivity index (χ4v) is 2.90. The van der Waals surface area contributed by atoms with Crippen LogP contribution in [0.2, 0.25) is 0 Å². The number of fused-ring (bicyclic) bond motifs is 1. The molecule has 0 saturated heterocycles. The van der Waals surface area contributed by atoms with E-state index in [1.807, 2.05) is 20.8 Å². The third kappa shape index (κ3) is 4.87. The van der Waals surface area contributed by atoms with Crippen LogP contribution in [-0.2, 0) is 9.53 Å². The average Bonchev–Trinajstić information content (AvgIpc) is 3.09. The Balaban J connectivity index is 2.07. The van der Waals surface area contributed by atoms with Crippen molar-refractivity contribution < 1.29 is 28.6 Å². The first-order valence-corrected chi connectivity index (χ1v) is 9.27. The molecule has 0 aliphatic heterocycles. The number of hydrogen-bond acceptors (Lipinski definition) is 6. The molecule has 0 radical (unpaired) electrons. The van der Waals surface area contributed by atoms with Crippen LogP contribution in [0.3, 0.4) is 0 Å². The van der Waals surface area contributed by atoms with Gasteiger partial charge in [0.15, 0.2) is 17.2 Å². The summed E-state index contributed by atoms with van der Waals surface area (Å²) in [6.07, 6.45) is 2.77. The molecule has 29 heavy (non-hydrogen) atoms. The fraction of sp³-hybridized carbons (Fsp3) is 0.526. The molecular weight excluding hydrogens is 383 g/mol. The van der Waals surface area contributed by atoms with E-state index in [0.29, 0.717) is 19.3 Å². The van der Waals surface area contributed by atoms with Crippen LogP contribution >= 0.6 is 0 Å². The van der Waals surface area contributed by atoms with Crippen LogP contribution in [-0.4, -0.2) is 51.2 Å². The van der Waals surface area contributed by atoms with Crippen molar-refractivity contribution in [3.05, 3.63) is 29.5 Å². The molecule has 1 amide bonds. The van der Waals surface area contributed by atoms with E-state index >= 15 is 0 Å². The van der Waals surface area contributed by atoms with Crippen molar-refractivity contribution in [3.63, 3.8) is 0 Å². The molecule has 2 heterocycles. The zero-order valence-corrected chi connectivity index (χ0v) is 16.9. The Morgan fingerprint density at radius 3 is 2.69 bits per heavy atom. The molecule has 0 bridgehead atoms.